The van der Waals surface area contributed by atoms with Crippen molar-refractivity contribution in [3.63, 3.8) is 0 Å². The van der Waals surface area contributed by atoms with Crippen LogP contribution in [-0.4, -0.2) is 205 Å². The maximum atomic E-state index is 10.9. The molecule has 4 aliphatic rings. The first kappa shape index (κ1) is 47.8. The molecule has 330 valence electrons. The van der Waals surface area contributed by atoms with E-state index in [4.69, 9.17) is 74.3 Å². The number of unbranched alkanes of at least 4 members (excludes halogenated alkanes) is 1. The molecule has 22 heteroatoms. The minimum atomic E-state index is -1.11. The maximum absolute atomic E-state index is 10.9. The highest BCUT2D eigenvalue weighted by atomic mass is 16.7. The number of hydrogen-bond donors (Lipinski definition) is 16. The lowest BCUT2D eigenvalue weighted by Gasteiger charge is -2.45. The monoisotopic (exact) mass is 813 g/mol. The van der Waals surface area contributed by atoms with Gasteiger partial charge in [0.15, 0.2) is 12.6 Å². The van der Waals surface area contributed by atoms with Gasteiger partial charge in [-0.15, -0.1) is 0 Å². The summed E-state index contributed by atoms with van der Waals surface area (Å²) in [6, 6.07) is -3.84. The van der Waals surface area contributed by atoms with Gasteiger partial charge in [0, 0.05) is 50.3 Å². The Morgan fingerprint density at radius 2 is 0.911 bits per heavy atom. The molecule has 0 aromatic heterocycles. The van der Waals surface area contributed by atoms with Crippen LogP contribution in [0.25, 0.3) is 0 Å². The van der Waals surface area contributed by atoms with Crippen molar-refractivity contribution >= 4 is 0 Å². The third kappa shape index (κ3) is 13.3. The minimum absolute atomic E-state index is 0.0718. The summed E-state index contributed by atoms with van der Waals surface area (Å²) < 4.78 is 35.6. The van der Waals surface area contributed by atoms with Gasteiger partial charge in [0.1, 0.15) is 24.4 Å². The third-order valence-corrected chi connectivity index (χ3v) is 11.1. The molecular formula is C34H72N10O12. The van der Waals surface area contributed by atoms with Gasteiger partial charge in [-0.3, -0.25) is 0 Å². The third-order valence-electron chi connectivity index (χ3n) is 11.1. The molecule has 0 aromatic rings. The number of ether oxygens (including phenoxy) is 6. The molecule has 0 amide bonds. The van der Waals surface area contributed by atoms with Crippen LogP contribution in [0.1, 0.15) is 38.5 Å². The van der Waals surface area contributed by atoms with Crippen molar-refractivity contribution in [1.29, 1.82) is 0 Å². The fourth-order valence-electron chi connectivity index (χ4n) is 7.69. The van der Waals surface area contributed by atoms with Crippen LogP contribution in [0.5, 0.6) is 0 Å². The predicted molar refractivity (Wildman–Crippen MR) is 202 cm³/mol. The van der Waals surface area contributed by atoms with E-state index < -0.39 is 122 Å². The van der Waals surface area contributed by atoms with Crippen LogP contribution in [0, 0.1) is 0 Å². The van der Waals surface area contributed by atoms with Crippen molar-refractivity contribution in [2.45, 2.75) is 161 Å². The average Bonchev–Trinajstić information content (AvgIpc) is 3.15. The van der Waals surface area contributed by atoms with Gasteiger partial charge >= 0.3 is 0 Å². The van der Waals surface area contributed by atoms with Crippen LogP contribution in [-0.2, 0) is 28.4 Å². The molecule has 20 atom stereocenters. The van der Waals surface area contributed by atoms with Gasteiger partial charge < -0.3 is 116 Å². The van der Waals surface area contributed by atoms with E-state index in [-0.39, 0.29) is 65.1 Å². The van der Waals surface area contributed by atoms with Crippen molar-refractivity contribution in [2.24, 2.45) is 45.9 Å². The van der Waals surface area contributed by atoms with E-state index in [1.54, 1.807) is 0 Å². The summed E-state index contributed by atoms with van der Waals surface area (Å²) in [7, 11) is 0. The molecule has 24 N–H and O–H groups in total. The van der Waals surface area contributed by atoms with Crippen LogP contribution >= 0.6 is 0 Å². The predicted octanol–water partition coefficient (Wildman–Crippen LogP) is -8.43. The normalized spacial score (nSPS) is 43.4. The fourth-order valence-corrected chi connectivity index (χ4v) is 7.69. The lowest BCUT2D eigenvalue weighted by atomic mass is 9.84. The van der Waals surface area contributed by atoms with Gasteiger partial charge in [-0.1, -0.05) is 0 Å². The molecule has 0 aromatic carbocycles. The lowest BCUT2D eigenvalue weighted by Crippen LogP contribution is -2.65. The Labute approximate surface area is 328 Å². The van der Waals surface area contributed by atoms with Gasteiger partial charge in [0.25, 0.3) is 0 Å². The lowest BCUT2D eigenvalue weighted by molar-refractivity contribution is -0.273. The van der Waals surface area contributed by atoms with Gasteiger partial charge in [-0.2, -0.15) is 0 Å². The molecule has 2 saturated heterocycles. The topological polar surface area (TPSA) is 409 Å². The van der Waals surface area contributed by atoms with Crippen LogP contribution in [0.3, 0.4) is 0 Å². The van der Waals surface area contributed by atoms with Gasteiger partial charge in [0.05, 0.1) is 74.1 Å². The summed E-state index contributed by atoms with van der Waals surface area (Å²) in [5.41, 5.74) is 48.7. The van der Waals surface area contributed by atoms with Crippen LogP contribution in [0.2, 0.25) is 0 Å². The Bertz CT molecular complexity index is 1040. The molecule has 2 heterocycles. The highest BCUT2D eigenvalue weighted by Gasteiger charge is 2.48. The molecule has 2 aliphatic heterocycles. The van der Waals surface area contributed by atoms with Gasteiger partial charge in [-0.05, 0) is 51.6 Å². The summed E-state index contributed by atoms with van der Waals surface area (Å²) in [6.45, 7) is 1.55. The van der Waals surface area contributed by atoms with Crippen molar-refractivity contribution in [3.8, 4) is 0 Å². The van der Waals surface area contributed by atoms with E-state index in [2.05, 4.69) is 10.6 Å². The van der Waals surface area contributed by atoms with Crippen molar-refractivity contribution in [3.05, 3.63) is 0 Å². The Balaban J connectivity index is 1.11. The van der Waals surface area contributed by atoms with Crippen LogP contribution in [0.4, 0.5) is 0 Å². The molecule has 56 heavy (non-hydrogen) atoms. The molecular weight excluding hydrogens is 740 g/mol. The van der Waals surface area contributed by atoms with Crippen LogP contribution < -0.4 is 56.5 Å². The molecule has 2 saturated carbocycles. The van der Waals surface area contributed by atoms with E-state index in [1.165, 1.54) is 0 Å². The second-order valence-corrected chi connectivity index (χ2v) is 15.8. The SMILES string of the molecule is NC[C@H]1O[C@H](O[C@H]2[C@H](OCC(O)CNCCCCNCC(O)CO[C@@H]3[C@@H](O)[C@H](N)C[C@H](N)[C@H]3O[C@H]3O[C@H](CN)[C@@H](O)C[C@H]3N)[C@@H](O)[C@H](N)C[C@@H]2N)[C@H](N)C[C@@H]1O. The Hall–Kier alpha value is -0.880. The van der Waals surface area contributed by atoms with E-state index >= 15 is 0 Å². The maximum Gasteiger partial charge on any atom is 0.173 e. The van der Waals surface area contributed by atoms with E-state index in [0.29, 0.717) is 13.1 Å². The minimum Gasteiger partial charge on any atom is -0.390 e. The zero-order valence-corrected chi connectivity index (χ0v) is 32.2. The Kier molecular flexibility index (Phi) is 19.8. The number of hydrogen-bond acceptors (Lipinski definition) is 22. The van der Waals surface area contributed by atoms with Gasteiger partial charge in [0.2, 0.25) is 0 Å². The Morgan fingerprint density at radius 3 is 1.27 bits per heavy atom. The summed E-state index contributed by atoms with van der Waals surface area (Å²) in [5.74, 6) is 0. The standard InChI is InChI=1S/C34H72N10O12/c35-9-25-23(47)7-21(41)33(53-25)55-29-19(39)5-17(37)27(49)31(29)51-13-15(45)11-43-3-1-2-4-44-12-16(46)14-52-32-28(50)18(38)6-20(40)30(32)56-34-22(42)8-24(48)26(10-36)54-34/h15-34,43-50H,1-14,35-42H2/t15?,16?,17-,18-,19+,20+,21-,22-,23+,24+,25-,26-,27+,28+,29-,30-,31-,32-,33-,34-/m1/s1. The van der Waals surface area contributed by atoms with E-state index in [0.717, 1.165) is 12.8 Å². The summed E-state index contributed by atoms with van der Waals surface area (Å²) in [4.78, 5) is 0. The van der Waals surface area contributed by atoms with Crippen molar-refractivity contribution in [2.75, 3.05) is 52.5 Å². The first-order valence-electron chi connectivity index (χ1n) is 19.9. The molecule has 0 radical (unpaired) electrons. The summed E-state index contributed by atoms with van der Waals surface area (Å²) in [6.07, 6.45) is -9.96. The van der Waals surface area contributed by atoms with Gasteiger partial charge in [-0.25, -0.2) is 0 Å². The summed E-state index contributed by atoms with van der Waals surface area (Å²) >= 11 is 0. The second-order valence-electron chi connectivity index (χ2n) is 15.8. The average molecular weight is 813 g/mol. The fraction of sp³-hybridized carbons (Fsp3) is 1.00. The first-order valence-corrected chi connectivity index (χ1v) is 19.9. The molecule has 0 spiro atoms. The number of rotatable bonds is 21. The zero-order valence-electron chi connectivity index (χ0n) is 32.2. The van der Waals surface area contributed by atoms with E-state index in [1.807, 2.05) is 0 Å². The van der Waals surface area contributed by atoms with Crippen molar-refractivity contribution in [1.82, 2.24) is 10.6 Å². The Morgan fingerprint density at radius 1 is 0.536 bits per heavy atom. The van der Waals surface area contributed by atoms with Crippen molar-refractivity contribution < 1.29 is 59.1 Å². The van der Waals surface area contributed by atoms with Crippen LogP contribution in [0.15, 0.2) is 0 Å². The highest BCUT2D eigenvalue weighted by Crippen LogP contribution is 2.30. The molecule has 0 bridgehead atoms. The zero-order chi connectivity index (χ0) is 41.1. The number of nitrogens with two attached hydrogens (primary N) is 8. The summed E-state index contributed by atoms with van der Waals surface area (Å²) in [5, 5.41) is 69.6. The molecule has 4 fully saturated rings. The largest absolute Gasteiger partial charge is 0.390 e. The molecule has 2 aliphatic carbocycles. The first-order chi connectivity index (χ1) is 26.6. The number of nitrogens with one attached hydrogen (secondary N) is 2. The van der Waals surface area contributed by atoms with E-state index in [9.17, 15) is 30.6 Å². The quantitative estimate of drug-likeness (QED) is 0.0478. The molecule has 4 rings (SSSR count). The second kappa shape index (κ2) is 23.2. The highest BCUT2D eigenvalue weighted by molar-refractivity contribution is 5.01. The smallest absolute Gasteiger partial charge is 0.173 e. The number of aliphatic hydroxyl groups is 6. The molecule has 22 nitrogen and oxygen atoms in total. The molecule has 2 unspecified atom stereocenters. The number of aliphatic hydroxyl groups excluding tert-OH is 6.